The molecule has 1 fully saturated rings. The Morgan fingerprint density at radius 2 is 1.67 bits per heavy atom. The number of hydrogen-bond donors (Lipinski definition) is 1. The Kier molecular flexibility index (Phi) is 7.00. The highest BCUT2D eigenvalue weighted by molar-refractivity contribution is 7.21. The van der Waals surface area contributed by atoms with Gasteiger partial charge in [-0.05, 0) is 72.4 Å². The predicted octanol–water partition coefficient (Wildman–Crippen LogP) is 8.49. The van der Waals surface area contributed by atoms with Crippen LogP contribution < -0.4 is 0 Å². The molecule has 5 rings (SSSR count). The summed E-state index contributed by atoms with van der Waals surface area (Å²) >= 11 is 7.42. The third kappa shape index (κ3) is 4.72. The molecule has 1 saturated carbocycles. The number of aryl methyl sites for hydroxylation is 1. The highest BCUT2D eigenvalue weighted by Crippen LogP contribution is 2.40. The standard InChI is InChI=1S/C29H26ClF2NO2S/c1-17-7-8-19(18-9-11-22(34)12-10-18)15-20(17)16-33(21-5-3-2-4-6-21)29(35)28-26(30)25-23(31)13-14-24(32)27(25)36-28/h7-15,21,34H,2-6,16H2,1H3. The second kappa shape index (κ2) is 10.2. The summed E-state index contributed by atoms with van der Waals surface area (Å²) < 4.78 is 29.0. The summed E-state index contributed by atoms with van der Waals surface area (Å²) in [5, 5.41) is 9.59. The first kappa shape index (κ1) is 24.7. The summed E-state index contributed by atoms with van der Waals surface area (Å²) in [7, 11) is 0. The first-order chi connectivity index (χ1) is 17.3. The third-order valence-corrected chi connectivity index (χ3v) is 8.72. The third-order valence-electron chi connectivity index (χ3n) is 7.04. The SMILES string of the molecule is Cc1ccc(-c2ccc(O)cc2)cc1CN(C(=O)c1sc2c(F)ccc(F)c2c1Cl)C1CCCCC1. The molecule has 1 amide bonds. The van der Waals surface area contributed by atoms with E-state index in [-0.39, 0.29) is 37.7 Å². The minimum Gasteiger partial charge on any atom is -0.508 e. The normalized spacial score (nSPS) is 14.3. The van der Waals surface area contributed by atoms with Gasteiger partial charge in [-0.2, -0.15) is 0 Å². The van der Waals surface area contributed by atoms with Crippen molar-refractivity contribution in [1.29, 1.82) is 0 Å². The molecular weight excluding hydrogens is 500 g/mol. The van der Waals surface area contributed by atoms with E-state index in [1.54, 1.807) is 12.1 Å². The summed E-state index contributed by atoms with van der Waals surface area (Å²) in [5.74, 6) is -1.30. The van der Waals surface area contributed by atoms with E-state index < -0.39 is 11.6 Å². The highest BCUT2D eigenvalue weighted by atomic mass is 35.5. The molecule has 0 aliphatic heterocycles. The van der Waals surface area contributed by atoms with Gasteiger partial charge in [-0.1, -0.05) is 55.1 Å². The molecule has 4 aromatic rings. The molecule has 186 valence electrons. The number of carbonyl (C=O) groups is 1. The summed E-state index contributed by atoms with van der Waals surface area (Å²) in [6, 6.07) is 15.3. The minimum absolute atomic E-state index is 0.0209. The Morgan fingerprint density at radius 3 is 2.36 bits per heavy atom. The molecule has 0 radical (unpaired) electrons. The molecule has 0 saturated heterocycles. The Balaban J connectivity index is 1.54. The van der Waals surface area contributed by atoms with Crippen molar-refractivity contribution < 1.29 is 18.7 Å². The lowest BCUT2D eigenvalue weighted by Crippen LogP contribution is -2.41. The zero-order valence-corrected chi connectivity index (χ0v) is 21.4. The van der Waals surface area contributed by atoms with E-state index in [0.717, 1.165) is 77.8 Å². The monoisotopic (exact) mass is 525 g/mol. The van der Waals surface area contributed by atoms with Crippen molar-refractivity contribution in [2.75, 3.05) is 0 Å². The van der Waals surface area contributed by atoms with E-state index in [4.69, 9.17) is 11.6 Å². The zero-order chi connectivity index (χ0) is 25.4. The van der Waals surface area contributed by atoms with Crippen LogP contribution in [0.1, 0.15) is 52.9 Å². The summed E-state index contributed by atoms with van der Waals surface area (Å²) in [5.41, 5.74) is 3.98. The number of benzene rings is 3. The van der Waals surface area contributed by atoms with Crippen molar-refractivity contribution in [3.63, 3.8) is 0 Å². The van der Waals surface area contributed by atoms with E-state index >= 15 is 0 Å². The zero-order valence-electron chi connectivity index (χ0n) is 19.9. The fourth-order valence-corrected chi connectivity index (χ4v) is 6.49. The maximum Gasteiger partial charge on any atom is 0.266 e. The van der Waals surface area contributed by atoms with E-state index in [1.165, 1.54) is 0 Å². The van der Waals surface area contributed by atoms with Crippen LogP contribution in [0.25, 0.3) is 21.2 Å². The summed E-state index contributed by atoms with van der Waals surface area (Å²) in [6.45, 7) is 2.38. The lowest BCUT2D eigenvalue weighted by atomic mass is 9.93. The van der Waals surface area contributed by atoms with Crippen LogP contribution in [-0.2, 0) is 6.54 Å². The van der Waals surface area contributed by atoms with Crippen LogP contribution in [-0.4, -0.2) is 22.0 Å². The van der Waals surface area contributed by atoms with Gasteiger partial charge < -0.3 is 10.0 Å². The number of rotatable bonds is 5. The van der Waals surface area contributed by atoms with Crippen molar-refractivity contribution in [1.82, 2.24) is 4.90 Å². The molecule has 1 aliphatic rings. The topological polar surface area (TPSA) is 40.5 Å². The van der Waals surface area contributed by atoms with Crippen LogP contribution in [0, 0.1) is 18.6 Å². The van der Waals surface area contributed by atoms with Crippen molar-refractivity contribution in [2.24, 2.45) is 0 Å². The van der Waals surface area contributed by atoms with Gasteiger partial charge in [-0.25, -0.2) is 8.78 Å². The molecular formula is C29H26ClF2NO2S. The fourth-order valence-electron chi connectivity index (χ4n) is 4.98. The average molecular weight is 526 g/mol. The number of phenols is 1. The van der Waals surface area contributed by atoms with E-state index in [9.17, 15) is 18.7 Å². The molecule has 36 heavy (non-hydrogen) atoms. The molecule has 1 heterocycles. The Labute approximate surface area is 217 Å². The molecule has 1 aliphatic carbocycles. The van der Waals surface area contributed by atoms with E-state index in [2.05, 4.69) is 6.07 Å². The van der Waals surface area contributed by atoms with Gasteiger partial charge in [-0.15, -0.1) is 11.3 Å². The van der Waals surface area contributed by atoms with Gasteiger partial charge in [0.25, 0.3) is 5.91 Å². The number of halogens is 3. The smallest absolute Gasteiger partial charge is 0.266 e. The molecule has 3 aromatic carbocycles. The van der Waals surface area contributed by atoms with Crippen LogP contribution in [0.4, 0.5) is 8.78 Å². The van der Waals surface area contributed by atoms with Gasteiger partial charge >= 0.3 is 0 Å². The van der Waals surface area contributed by atoms with Gasteiger partial charge in [0, 0.05) is 12.6 Å². The first-order valence-corrected chi connectivity index (χ1v) is 13.3. The Hall–Kier alpha value is -2.96. The largest absolute Gasteiger partial charge is 0.508 e. The van der Waals surface area contributed by atoms with Crippen LogP contribution in [0.5, 0.6) is 5.75 Å². The number of carbonyl (C=O) groups excluding carboxylic acids is 1. The van der Waals surface area contributed by atoms with Crippen LogP contribution in [0.2, 0.25) is 5.02 Å². The molecule has 1 aromatic heterocycles. The quantitative estimate of drug-likeness (QED) is 0.284. The molecule has 0 atom stereocenters. The van der Waals surface area contributed by atoms with E-state index in [1.807, 2.05) is 36.1 Å². The van der Waals surface area contributed by atoms with Crippen molar-refractivity contribution in [3.8, 4) is 16.9 Å². The van der Waals surface area contributed by atoms with Crippen LogP contribution >= 0.6 is 22.9 Å². The Bertz CT molecular complexity index is 1430. The average Bonchev–Trinajstić information content (AvgIpc) is 3.25. The number of nitrogens with zero attached hydrogens (tertiary/aromatic N) is 1. The van der Waals surface area contributed by atoms with Crippen molar-refractivity contribution >= 4 is 38.9 Å². The number of fused-ring (bicyclic) bond motifs is 1. The predicted molar refractivity (Wildman–Crippen MR) is 142 cm³/mol. The lowest BCUT2D eigenvalue weighted by Gasteiger charge is -2.35. The molecule has 1 N–H and O–H groups in total. The Morgan fingerprint density at radius 1 is 1.00 bits per heavy atom. The number of hydrogen-bond acceptors (Lipinski definition) is 3. The molecule has 0 unspecified atom stereocenters. The second-order valence-corrected chi connectivity index (χ2v) is 10.8. The second-order valence-electron chi connectivity index (χ2n) is 9.39. The number of phenolic OH excluding ortho intramolecular Hbond substituents is 1. The lowest BCUT2D eigenvalue weighted by molar-refractivity contribution is 0.0619. The van der Waals surface area contributed by atoms with E-state index in [0.29, 0.717) is 6.54 Å². The van der Waals surface area contributed by atoms with Gasteiger partial charge in [0.15, 0.2) is 0 Å². The number of aromatic hydroxyl groups is 1. The van der Waals surface area contributed by atoms with Crippen molar-refractivity contribution in [2.45, 2.75) is 51.6 Å². The molecule has 3 nitrogen and oxygen atoms in total. The molecule has 0 spiro atoms. The van der Waals surface area contributed by atoms with Gasteiger partial charge in [0.1, 0.15) is 22.3 Å². The summed E-state index contributed by atoms with van der Waals surface area (Å²) in [6.07, 6.45) is 4.96. The number of amides is 1. The molecule has 7 heteroatoms. The maximum absolute atomic E-state index is 14.5. The first-order valence-electron chi connectivity index (χ1n) is 12.1. The van der Waals surface area contributed by atoms with Gasteiger partial charge in [0.05, 0.1) is 15.1 Å². The fraction of sp³-hybridized carbons (Fsp3) is 0.276. The van der Waals surface area contributed by atoms with Crippen molar-refractivity contribution in [3.05, 3.63) is 87.3 Å². The number of thiophene rings is 1. The van der Waals surface area contributed by atoms with Gasteiger partial charge in [-0.3, -0.25) is 4.79 Å². The summed E-state index contributed by atoms with van der Waals surface area (Å²) in [4.78, 5) is 16.0. The molecule has 0 bridgehead atoms. The minimum atomic E-state index is -0.631. The van der Waals surface area contributed by atoms with Crippen LogP contribution in [0.15, 0.2) is 54.6 Å². The highest BCUT2D eigenvalue weighted by Gasteiger charge is 2.31. The van der Waals surface area contributed by atoms with Crippen LogP contribution in [0.3, 0.4) is 0 Å². The maximum atomic E-state index is 14.5. The van der Waals surface area contributed by atoms with Gasteiger partial charge in [0.2, 0.25) is 0 Å².